The van der Waals surface area contributed by atoms with E-state index in [0.717, 1.165) is 0 Å². The molecule has 52 valence electrons. The van der Waals surface area contributed by atoms with E-state index in [9.17, 15) is 22.0 Å². The van der Waals surface area contributed by atoms with Crippen LogP contribution in [0.5, 0.6) is 0 Å². The summed E-state index contributed by atoms with van der Waals surface area (Å²) < 4.78 is 55.4. The summed E-state index contributed by atoms with van der Waals surface area (Å²) in [4.78, 5) is 0. The largest absolute Gasteiger partial charge is 0.308 e. The molecule has 0 bridgehead atoms. The number of rotatable bonds is 1. The lowest BCUT2D eigenvalue weighted by Gasteiger charge is -1.84. The van der Waals surface area contributed by atoms with Crippen LogP contribution in [-0.2, 0) is 0 Å². The molecule has 0 N–H and O–H groups in total. The van der Waals surface area contributed by atoms with Crippen molar-refractivity contribution in [3.8, 4) is 0 Å². The van der Waals surface area contributed by atoms with E-state index >= 15 is 0 Å². The monoisotopic (exact) mass is 144 g/mol. The van der Waals surface area contributed by atoms with Crippen LogP contribution in [0.25, 0.3) is 0 Å². The minimum atomic E-state index is -2.87. The SMILES string of the molecule is FC=C(F)C(F)=C(F)F. The van der Waals surface area contributed by atoms with Crippen LogP contribution in [0.3, 0.4) is 0 Å². The molecule has 0 aromatic heterocycles. The van der Waals surface area contributed by atoms with Gasteiger partial charge in [-0.2, -0.15) is 13.2 Å². The lowest BCUT2D eigenvalue weighted by Crippen LogP contribution is -1.74. The molecule has 0 unspecified atom stereocenters. The zero-order valence-electron chi connectivity index (χ0n) is 3.97. The first-order valence-corrected chi connectivity index (χ1v) is 1.76. The van der Waals surface area contributed by atoms with Crippen molar-refractivity contribution >= 4 is 0 Å². The van der Waals surface area contributed by atoms with Crippen LogP contribution in [-0.4, -0.2) is 0 Å². The fourth-order valence-corrected chi connectivity index (χ4v) is 0.138. The van der Waals surface area contributed by atoms with E-state index < -0.39 is 24.1 Å². The van der Waals surface area contributed by atoms with Gasteiger partial charge in [-0.3, -0.25) is 0 Å². The van der Waals surface area contributed by atoms with Crippen molar-refractivity contribution in [2.24, 2.45) is 0 Å². The fourth-order valence-electron chi connectivity index (χ4n) is 0.138. The molecule has 0 aromatic carbocycles. The van der Waals surface area contributed by atoms with E-state index in [-0.39, 0.29) is 0 Å². The summed E-state index contributed by atoms with van der Waals surface area (Å²) in [6.45, 7) is 0. The molecule has 0 amide bonds. The van der Waals surface area contributed by atoms with Gasteiger partial charge >= 0.3 is 6.08 Å². The van der Waals surface area contributed by atoms with Crippen molar-refractivity contribution < 1.29 is 22.0 Å². The maximum absolute atomic E-state index is 11.4. The summed E-state index contributed by atoms with van der Waals surface area (Å²) in [7, 11) is 0. The maximum Gasteiger partial charge on any atom is 0.308 e. The molecule has 0 nitrogen and oxygen atoms in total. The molecule has 9 heavy (non-hydrogen) atoms. The predicted molar refractivity (Wildman–Crippen MR) is 20.6 cm³/mol. The molecule has 0 spiro atoms. The Hall–Kier alpha value is -0.870. The standard InChI is InChI=1S/C4HF5/c5-1-2(6)3(7)4(8)9/h1H. The second kappa shape index (κ2) is 3.21. The van der Waals surface area contributed by atoms with Crippen molar-refractivity contribution in [1.29, 1.82) is 0 Å². The topological polar surface area (TPSA) is 0 Å². The highest BCUT2D eigenvalue weighted by molar-refractivity contribution is 5.16. The molecule has 0 aliphatic rings. The van der Waals surface area contributed by atoms with Crippen LogP contribution < -0.4 is 0 Å². The molecule has 0 saturated carbocycles. The van der Waals surface area contributed by atoms with E-state index in [0.29, 0.717) is 0 Å². The smallest absolute Gasteiger partial charge is 0.212 e. The molecule has 0 radical (unpaired) electrons. The highest BCUT2D eigenvalue weighted by Gasteiger charge is 2.10. The highest BCUT2D eigenvalue weighted by Crippen LogP contribution is 2.19. The van der Waals surface area contributed by atoms with Gasteiger partial charge in [-0.05, 0) is 0 Å². The average Bonchev–Trinajstić information content (AvgIpc) is 1.84. The van der Waals surface area contributed by atoms with Gasteiger partial charge in [0.25, 0.3) is 0 Å². The van der Waals surface area contributed by atoms with Crippen molar-refractivity contribution in [3.63, 3.8) is 0 Å². The molecular formula is C4HF5. The summed E-state index contributed by atoms with van der Waals surface area (Å²) in [5.41, 5.74) is 0. The molecule has 0 aliphatic carbocycles. The Morgan fingerprint density at radius 2 is 1.44 bits per heavy atom. The number of hydrogen-bond acceptors (Lipinski definition) is 0. The van der Waals surface area contributed by atoms with Crippen molar-refractivity contribution in [2.75, 3.05) is 0 Å². The first-order chi connectivity index (χ1) is 4.09. The zero-order chi connectivity index (χ0) is 7.44. The van der Waals surface area contributed by atoms with Crippen LogP contribution in [0.4, 0.5) is 22.0 Å². The minimum Gasteiger partial charge on any atom is -0.212 e. The van der Waals surface area contributed by atoms with Crippen molar-refractivity contribution in [2.45, 2.75) is 0 Å². The molecular weight excluding hydrogens is 143 g/mol. The van der Waals surface area contributed by atoms with Crippen molar-refractivity contribution in [1.82, 2.24) is 0 Å². The van der Waals surface area contributed by atoms with Gasteiger partial charge in [0.1, 0.15) is 6.33 Å². The van der Waals surface area contributed by atoms with Crippen LogP contribution in [0.15, 0.2) is 24.1 Å². The molecule has 0 fully saturated rings. The van der Waals surface area contributed by atoms with Gasteiger partial charge < -0.3 is 0 Å². The summed E-state index contributed by atoms with van der Waals surface area (Å²) in [5.74, 6) is -4.66. The van der Waals surface area contributed by atoms with Gasteiger partial charge in [0, 0.05) is 0 Å². The van der Waals surface area contributed by atoms with Crippen molar-refractivity contribution in [3.05, 3.63) is 24.1 Å². The Morgan fingerprint density at radius 3 is 1.56 bits per heavy atom. The Morgan fingerprint density at radius 1 is 1.00 bits per heavy atom. The number of allylic oxidation sites excluding steroid dienone is 2. The van der Waals surface area contributed by atoms with E-state index in [1.807, 2.05) is 0 Å². The third kappa shape index (κ3) is 2.25. The normalized spacial score (nSPS) is 11.4. The van der Waals surface area contributed by atoms with E-state index in [4.69, 9.17) is 0 Å². The summed E-state index contributed by atoms with van der Waals surface area (Å²) in [6.07, 6.45) is -3.75. The van der Waals surface area contributed by atoms with E-state index in [2.05, 4.69) is 0 Å². The minimum absolute atomic E-state index is 0.880. The Balaban J connectivity index is 4.40. The van der Waals surface area contributed by atoms with Gasteiger partial charge in [-0.1, -0.05) is 0 Å². The molecule has 0 rings (SSSR count). The molecule has 0 heterocycles. The van der Waals surface area contributed by atoms with Crippen LogP contribution >= 0.6 is 0 Å². The first kappa shape index (κ1) is 8.13. The van der Waals surface area contributed by atoms with E-state index in [1.165, 1.54) is 0 Å². The van der Waals surface area contributed by atoms with Gasteiger partial charge in [0.2, 0.25) is 5.83 Å². The average molecular weight is 144 g/mol. The molecule has 5 heteroatoms. The van der Waals surface area contributed by atoms with Crippen LogP contribution in [0.2, 0.25) is 0 Å². The summed E-state index contributed by atoms with van der Waals surface area (Å²) in [6, 6.07) is 0. The number of halogens is 5. The second-order valence-corrected chi connectivity index (χ2v) is 1.03. The van der Waals surface area contributed by atoms with Gasteiger partial charge in [-0.25, -0.2) is 8.78 Å². The Labute approximate surface area is 47.3 Å². The molecule has 0 aliphatic heterocycles. The van der Waals surface area contributed by atoms with E-state index in [1.54, 1.807) is 0 Å². The summed E-state index contributed by atoms with van der Waals surface area (Å²) >= 11 is 0. The highest BCUT2D eigenvalue weighted by atomic mass is 19.3. The summed E-state index contributed by atoms with van der Waals surface area (Å²) in [5, 5.41) is 0. The van der Waals surface area contributed by atoms with Gasteiger partial charge in [0.15, 0.2) is 5.83 Å². The molecule has 0 saturated heterocycles. The maximum atomic E-state index is 11.4. The molecule has 0 atom stereocenters. The van der Waals surface area contributed by atoms with Gasteiger partial charge in [-0.15, -0.1) is 0 Å². The first-order valence-electron chi connectivity index (χ1n) is 1.76. The lowest BCUT2D eigenvalue weighted by molar-refractivity contribution is 0.369. The zero-order valence-corrected chi connectivity index (χ0v) is 3.97. The second-order valence-electron chi connectivity index (χ2n) is 1.03. The van der Waals surface area contributed by atoms with Crippen LogP contribution in [0, 0.1) is 0 Å². The fraction of sp³-hybridized carbons (Fsp3) is 0. The predicted octanol–water partition coefficient (Wildman–Crippen LogP) is 2.84. The Kier molecular flexibility index (Phi) is 2.90. The van der Waals surface area contributed by atoms with Gasteiger partial charge in [0.05, 0.1) is 0 Å². The lowest BCUT2D eigenvalue weighted by atomic mass is 10.5. The molecule has 0 aromatic rings. The van der Waals surface area contributed by atoms with Crippen LogP contribution in [0.1, 0.15) is 0 Å². The quantitative estimate of drug-likeness (QED) is 0.392. The Bertz CT molecular complexity index is 152. The third-order valence-corrected chi connectivity index (χ3v) is 0.471. The third-order valence-electron chi connectivity index (χ3n) is 0.471. The number of hydrogen-bond donors (Lipinski definition) is 0.